The Morgan fingerprint density at radius 1 is 1.19 bits per heavy atom. The maximum Gasteiger partial charge on any atom is 0.231 e. The summed E-state index contributed by atoms with van der Waals surface area (Å²) in [6, 6.07) is 11.1. The van der Waals surface area contributed by atoms with E-state index in [-0.39, 0.29) is 11.9 Å². The number of pyridine rings is 1. The Morgan fingerprint density at radius 2 is 1.89 bits per heavy atom. The summed E-state index contributed by atoms with van der Waals surface area (Å²) in [5, 5.41) is 10.2. The van der Waals surface area contributed by atoms with Gasteiger partial charge in [-0.25, -0.2) is 4.98 Å². The molecule has 0 bridgehead atoms. The van der Waals surface area contributed by atoms with Gasteiger partial charge in [0.15, 0.2) is 5.82 Å². The summed E-state index contributed by atoms with van der Waals surface area (Å²) in [5.41, 5.74) is 1.44. The lowest BCUT2D eigenvalue weighted by atomic mass is 9.94. The molecule has 1 aliphatic rings. The predicted octanol–water partition coefficient (Wildman–Crippen LogP) is 2.78. The molecule has 0 radical (unpaired) electrons. The Balaban J connectivity index is 1.47. The van der Waals surface area contributed by atoms with Gasteiger partial charge in [-0.2, -0.15) is 5.10 Å². The third kappa shape index (κ3) is 3.28. The summed E-state index contributed by atoms with van der Waals surface area (Å²) in [4.78, 5) is 21.4. The van der Waals surface area contributed by atoms with Crippen molar-refractivity contribution in [1.82, 2.24) is 25.5 Å². The summed E-state index contributed by atoms with van der Waals surface area (Å²) < 4.78 is 5.20. The lowest BCUT2D eigenvalue weighted by Gasteiger charge is -2.19. The number of amides is 1. The molecule has 2 heterocycles. The molecule has 0 saturated heterocycles. The van der Waals surface area contributed by atoms with Gasteiger partial charge >= 0.3 is 0 Å². The molecule has 7 nitrogen and oxygen atoms in total. The van der Waals surface area contributed by atoms with E-state index in [1.807, 2.05) is 43.3 Å². The zero-order valence-electron chi connectivity index (χ0n) is 15.3. The summed E-state index contributed by atoms with van der Waals surface area (Å²) >= 11 is 0. The smallest absolute Gasteiger partial charge is 0.231 e. The van der Waals surface area contributed by atoms with Crippen molar-refractivity contribution in [2.75, 3.05) is 7.11 Å². The first-order valence-corrected chi connectivity index (χ1v) is 8.90. The molecule has 1 amide bonds. The highest BCUT2D eigenvalue weighted by atomic mass is 16.5. The van der Waals surface area contributed by atoms with Crippen LogP contribution in [0.4, 0.5) is 0 Å². The van der Waals surface area contributed by atoms with Gasteiger partial charge in [-0.15, -0.1) is 0 Å². The highest BCUT2D eigenvalue weighted by Gasteiger charge is 2.51. The fraction of sp³-hybridized carbons (Fsp3) is 0.300. The summed E-state index contributed by atoms with van der Waals surface area (Å²) in [7, 11) is 1.63. The molecule has 7 heteroatoms. The van der Waals surface area contributed by atoms with Crippen LogP contribution >= 0.6 is 0 Å². The number of hydrogen-bond acceptors (Lipinski definition) is 5. The fourth-order valence-corrected chi connectivity index (χ4v) is 3.18. The molecule has 2 aromatic heterocycles. The van der Waals surface area contributed by atoms with Crippen molar-refractivity contribution in [3.8, 4) is 17.1 Å². The van der Waals surface area contributed by atoms with Crippen LogP contribution in [0.25, 0.3) is 11.4 Å². The lowest BCUT2D eigenvalue weighted by molar-refractivity contribution is -0.124. The Labute approximate surface area is 157 Å². The SMILES string of the molecule is COc1ccc(C2(C(=O)N[C@@H](C)c3nc(-c4ccncc4)n[nH]3)CC2)cc1. The Bertz CT molecular complexity index is 933. The summed E-state index contributed by atoms with van der Waals surface area (Å²) in [6.45, 7) is 1.90. The van der Waals surface area contributed by atoms with E-state index in [9.17, 15) is 4.79 Å². The van der Waals surface area contributed by atoms with E-state index in [0.717, 1.165) is 29.7 Å². The van der Waals surface area contributed by atoms with E-state index in [2.05, 4.69) is 25.5 Å². The van der Waals surface area contributed by atoms with Crippen molar-refractivity contribution in [2.24, 2.45) is 0 Å². The van der Waals surface area contributed by atoms with Gasteiger partial charge in [0.05, 0.1) is 18.6 Å². The normalized spacial score (nSPS) is 15.8. The number of nitrogens with zero attached hydrogens (tertiary/aromatic N) is 3. The van der Waals surface area contributed by atoms with Crippen LogP contribution < -0.4 is 10.1 Å². The lowest BCUT2D eigenvalue weighted by Crippen LogP contribution is -2.36. The number of hydrogen-bond donors (Lipinski definition) is 2. The topological polar surface area (TPSA) is 92.8 Å². The molecule has 1 aromatic carbocycles. The van der Waals surface area contributed by atoms with Crippen LogP contribution in [0.1, 0.15) is 37.2 Å². The Hall–Kier alpha value is -3.22. The van der Waals surface area contributed by atoms with Crippen LogP contribution in [0.3, 0.4) is 0 Å². The molecular formula is C20H21N5O2. The molecule has 1 aliphatic carbocycles. The fourth-order valence-electron chi connectivity index (χ4n) is 3.18. The second-order valence-corrected chi connectivity index (χ2v) is 6.79. The number of aromatic amines is 1. The van der Waals surface area contributed by atoms with Crippen LogP contribution in [0.2, 0.25) is 0 Å². The second-order valence-electron chi connectivity index (χ2n) is 6.79. The van der Waals surface area contributed by atoms with Gasteiger partial charge in [0.1, 0.15) is 11.6 Å². The first-order chi connectivity index (χ1) is 13.1. The van der Waals surface area contributed by atoms with Crippen molar-refractivity contribution < 1.29 is 9.53 Å². The minimum Gasteiger partial charge on any atom is -0.497 e. The highest BCUT2D eigenvalue weighted by molar-refractivity contribution is 5.91. The van der Waals surface area contributed by atoms with Crippen molar-refractivity contribution >= 4 is 5.91 Å². The molecule has 1 fully saturated rings. The number of H-pyrrole nitrogens is 1. The number of benzene rings is 1. The molecule has 3 aromatic rings. The van der Waals surface area contributed by atoms with Crippen LogP contribution in [0.15, 0.2) is 48.8 Å². The number of nitrogens with one attached hydrogen (secondary N) is 2. The van der Waals surface area contributed by atoms with Gasteiger partial charge in [-0.1, -0.05) is 12.1 Å². The maximum atomic E-state index is 12.9. The van der Waals surface area contributed by atoms with Crippen molar-refractivity contribution in [1.29, 1.82) is 0 Å². The summed E-state index contributed by atoms with van der Waals surface area (Å²) in [6.07, 6.45) is 5.08. The van der Waals surface area contributed by atoms with Crippen LogP contribution in [-0.4, -0.2) is 33.2 Å². The minimum atomic E-state index is -0.450. The van der Waals surface area contributed by atoms with Crippen LogP contribution in [-0.2, 0) is 10.2 Å². The third-order valence-corrected chi connectivity index (χ3v) is 5.03. The molecule has 1 saturated carbocycles. The van der Waals surface area contributed by atoms with Crippen LogP contribution in [0.5, 0.6) is 5.75 Å². The van der Waals surface area contributed by atoms with Crippen molar-refractivity contribution in [3.63, 3.8) is 0 Å². The number of carbonyl (C=O) groups is 1. The first-order valence-electron chi connectivity index (χ1n) is 8.90. The van der Waals surface area contributed by atoms with Crippen LogP contribution in [0, 0.1) is 0 Å². The maximum absolute atomic E-state index is 12.9. The summed E-state index contributed by atoms with van der Waals surface area (Å²) in [5.74, 6) is 2.01. The molecular weight excluding hydrogens is 342 g/mol. The molecule has 0 aliphatic heterocycles. The minimum absolute atomic E-state index is 0.0158. The molecule has 27 heavy (non-hydrogen) atoms. The van der Waals surface area contributed by atoms with Gasteiger partial charge in [0, 0.05) is 18.0 Å². The number of rotatable bonds is 6. The molecule has 0 unspecified atom stereocenters. The predicted molar refractivity (Wildman–Crippen MR) is 100 cm³/mol. The highest BCUT2D eigenvalue weighted by Crippen LogP contribution is 2.49. The van der Waals surface area contributed by atoms with E-state index < -0.39 is 5.41 Å². The van der Waals surface area contributed by atoms with Gasteiger partial charge in [0.2, 0.25) is 5.91 Å². The monoisotopic (exact) mass is 363 g/mol. The van der Waals surface area contributed by atoms with Crippen molar-refractivity contribution in [2.45, 2.75) is 31.2 Å². The van der Waals surface area contributed by atoms with E-state index in [4.69, 9.17) is 4.74 Å². The van der Waals surface area contributed by atoms with E-state index in [1.165, 1.54) is 0 Å². The third-order valence-electron chi connectivity index (χ3n) is 5.03. The average molecular weight is 363 g/mol. The molecule has 138 valence electrons. The van der Waals surface area contributed by atoms with Gasteiger partial charge in [0.25, 0.3) is 0 Å². The molecule has 4 rings (SSSR count). The number of ether oxygens (including phenoxy) is 1. The van der Waals surface area contributed by atoms with E-state index in [1.54, 1.807) is 19.5 Å². The van der Waals surface area contributed by atoms with Gasteiger partial charge < -0.3 is 10.1 Å². The standard InChI is InChI=1S/C20H21N5O2/c1-13(17-23-18(25-24-17)14-7-11-21-12-8-14)22-19(26)20(9-10-20)15-3-5-16(27-2)6-4-15/h3-8,11-13H,9-10H2,1-2H3,(H,22,26)(H,23,24,25)/t13-/m0/s1. The van der Waals surface area contributed by atoms with E-state index in [0.29, 0.717) is 11.6 Å². The first kappa shape index (κ1) is 17.2. The Kier molecular flexibility index (Phi) is 4.35. The average Bonchev–Trinajstić information content (AvgIpc) is 3.38. The zero-order valence-corrected chi connectivity index (χ0v) is 15.3. The largest absolute Gasteiger partial charge is 0.497 e. The quantitative estimate of drug-likeness (QED) is 0.702. The van der Waals surface area contributed by atoms with Crippen molar-refractivity contribution in [3.05, 3.63) is 60.2 Å². The number of aromatic nitrogens is 4. The number of methoxy groups -OCH3 is 1. The molecule has 2 N–H and O–H groups in total. The molecule has 0 spiro atoms. The van der Waals surface area contributed by atoms with E-state index >= 15 is 0 Å². The number of carbonyl (C=O) groups excluding carboxylic acids is 1. The molecule has 1 atom stereocenters. The van der Waals surface area contributed by atoms with Gasteiger partial charge in [-0.3, -0.25) is 14.9 Å². The second kappa shape index (κ2) is 6.83. The van der Waals surface area contributed by atoms with Gasteiger partial charge in [-0.05, 0) is 49.6 Å². The zero-order chi connectivity index (χ0) is 18.9. The Morgan fingerprint density at radius 3 is 2.52 bits per heavy atom.